The summed E-state index contributed by atoms with van der Waals surface area (Å²) in [6.45, 7) is 0. The predicted octanol–water partition coefficient (Wildman–Crippen LogP) is 5.01. The fourth-order valence-electron chi connectivity index (χ4n) is 2.46. The summed E-state index contributed by atoms with van der Waals surface area (Å²) in [7, 11) is 0. The highest BCUT2D eigenvalue weighted by Gasteiger charge is 2.08. The number of thioether (sulfide) groups is 1. The number of rotatable bonds is 6. The molecule has 0 unspecified atom stereocenters. The summed E-state index contributed by atoms with van der Waals surface area (Å²) in [6, 6.07) is 28.2. The fraction of sp³-hybridized carbons (Fsp3) is 0.0952. The fourth-order valence-corrected chi connectivity index (χ4v) is 3.18. The maximum atomic E-state index is 12.3. The van der Waals surface area contributed by atoms with Gasteiger partial charge >= 0.3 is 0 Å². The molecule has 1 amide bonds. The van der Waals surface area contributed by atoms with Gasteiger partial charge in [0.15, 0.2) is 0 Å². The maximum absolute atomic E-state index is 12.3. The molecule has 24 heavy (non-hydrogen) atoms. The monoisotopic (exact) mass is 333 g/mol. The van der Waals surface area contributed by atoms with E-state index >= 15 is 0 Å². The molecule has 1 N–H and O–H groups in total. The lowest BCUT2D eigenvalue weighted by atomic mass is 10.0. The van der Waals surface area contributed by atoms with E-state index in [-0.39, 0.29) is 5.91 Å². The van der Waals surface area contributed by atoms with Crippen LogP contribution in [-0.4, -0.2) is 11.7 Å². The highest BCUT2D eigenvalue weighted by Crippen LogP contribution is 2.21. The molecule has 3 aromatic rings. The molecular formula is C21H19NOS. The maximum Gasteiger partial charge on any atom is 0.234 e. The SMILES string of the molecule is O=C(CSc1ccccc1)Nc1ccccc1Cc1ccccc1. The van der Waals surface area contributed by atoms with Crippen LogP contribution >= 0.6 is 11.8 Å². The van der Waals surface area contributed by atoms with E-state index in [0.717, 1.165) is 22.6 Å². The lowest BCUT2D eigenvalue weighted by molar-refractivity contribution is -0.113. The Morgan fingerprint density at radius 1 is 0.792 bits per heavy atom. The Morgan fingerprint density at radius 2 is 1.42 bits per heavy atom. The Bertz CT molecular complexity index is 787. The highest BCUT2D eigenvalue weighted by molar-refractivity contribution is 8.00. The molecule has 3 rings (SSSR count). The number of para-hydroxylation sites is 1. The molecule has 0 aliphatic heterocycles. The number of anilines is 1. The topological polar surface area (TPSA) is 29.1 Å². The van der Waals surface area contributed by atoms with Gasteiger partial charge in [-0.1, -0.05) is 66.7 Å². The average Bonchev–Trinajstić information content (AvgIpc) is 2.63. The number of hydrogen-bond acceptors (Lipinski definition) is 2. The van der Waals surface area contributed by atoms with E-state index in [9.17, 15) is 4.79 Å². The first-order valence-corrected chi connectivity index (χ1v) is 8.89. The summed E-state index contributed by atoms with van der Waals surface area (Å²) in [4.78, 5) is 13.4. The summed E-state index contributed by atoms with van der Waals surface area (Å²) in [5.74, 6) is 0.424. The van der Waals surface area contributed by atoms with Crippen molar-refractivity contribution in [3.05, 3.63) is 96.1 Å². The zero-order valence-corrected chi connectivity index (χ0v) is 14.1. The summed E-state index contributed by atoms with van der Waals surface area (Å²) in [5, 5.41) is 3.04. The van der Waals surface area contributed by atoms with Gasteiger partial charge in [-0.15, -0.1) is 11.8 Å². The molecule has 0 saturated carbocycles. The van der Waals surface area contributed by atoms with E-state index in [1.165, 1.54) is 5.56 Å². The van der Waals surface area contributed by atoms with Crippen molar-refractivity contribution in [2.45, 2.75) is 11.3 Å². The number of carbonyl (C=O) groups excluding carboxylic acids is 1. The summed E-state index contributed by atoms with van der Waals surface area (Å²) < 4.78 is 0. The molecule has 0 saturated heterocycles. The molecule has 0 aliphatic carbocycles. The van der Waals surface area contributed by atoms with Gasteiger partial charge in [0, 0.05) is 10.6 Å². The van der Waals surface area contributed by atoms with Crippen molar-refractivity contribution in [3.8, 4) is 0 Å². The second kappa shape index (κ2) is 8.37. The number of nitrogens with one attached hydrogen (secondary N) is 1. The van der Waals surface area contributed by atoms with Crippen molar-refractivity contribution >= 4 is 23.4 Å². The number of amides is 1. The molecule has 2 nitrogen and oxygen atoms in total. The van der Waals surface area contributed by atoms with Crippen LogP contribution in [0.4, 0.5) is 5.69 Å². The van der Waals surface area contributed by atoms with Crippen LogP contribution < -0.4 is 5.32 Å². The minimum atomic E-state index is 0.0179. The van der Waals surface area contributed by atoms with Crippen LogP contribution in [0.3, 0.4) is 0 Å². The number of benzene rings is 3. The van der Waals surface area contributed by atoms with E-state index in [1.54, 1.807) is 11.8 Å². The lowest BCUT2D eigenvalue weighted by Gasteiger charge is -2.11. The number of hydrogen-bond donors (Lipinski definition) is 1. The third-order valence-electron chi connectivity index (χ3n) is 3.64. The summed E-state index contributed by atoms with van der Waals surface area (Å²) >= 11 is 1.55. The third-order valence-corrected chi connectivity index (χ3v) is 4.65. The highest BCUT2D eigenvalue weighted by atomic mass is 32.2. The van der Waals surface area contributed by atoms with Gasteiger partial charge < -0.3 is 5.32 Å². The van der Waals surface area contributed by atoms with Crippen molar-refractivity contribution < 1.29 is 4.79 Å². The van der Waals surface area contributed by atoms with E-state index < -0.39 is 0 Å². The van der Waals surface area contributed by atoms with Gasteiger partial charge in [0.2, 0.25) is 5.91 Å². The second-order valence-electron chi connectivity index (χ2n) is 5.47. The molecule has 3 aromatic carbocycles. The van der Waals surface area contributed by atoms with E-state index in [1.807, 2.05) is 66.7 Å². The van der Waals surface area contributed by atoms with E-state index in [4.69, 9.17) is 0 Å². The quantitative estimate of drug-likeness (QED) is 0.643. The van der Waals surface area contributed by atoms with Gasteiger partial charge in [0.25, 0.3) is 0 Å². The molecule has 0 spiro atoms. The molecule has 0 fully saturated rings. The zero-order chi connectivity index (χ0) is 16.6. The van der Waals surface area contributed by atoms with Gasteiger partial charge in [-0.05, 0) is 35.7 Å². The standard InChI is InChI=1S/C21H19NOS/c23-21(16-24-19-12-5-2-6-13-19)22-20-14-8-7-11-18(20)15-17-9-3-1-4-10-17/h1-14H,15-16H2,(H,22,23). The first-order chi connectivity index (χ1) is 11.8. The minimum absolute atomic E-state index is 0.0179. The molecule has 0 bridgehead atoms. The van der Waals surface area contributed by atoms with Crippen LogP contribution in [0.15, 0.2) is 89.8 Å². The normalized spacial score (nSPS) is 10.3. The van der Waals surface area contributed by atoms with E-state index in [0.29, 0.717) is 5.75 Å². The minimum Gasteiger partial charge on any atom is -0.325 e. The summed E-state index contributed by atoms with van der Waals surface area (Å²) in [5.41, 5.74) is 3.25. The first-order valence-electron chi connectivity index (χ1n) is 7.91. The third kappa shape index (κ3) is 4.74. The summed E-state index contributed by atoms with van der Waals surface area (Å²) in [6.07, 6.45) is 0.809. The van der Waals surface area contributed by atoms with Crippen molar-refractivity contribution in [2.75, 3.05) is 11.1 Å². The second-order valence-corrected chi connectivity index (χ2v) is 6.52. The van der Waals surface area contributed by atoms with Crippen molar-refractivity contribution in [3.63, 3.8) is 0 Å². The van der Waals surface area contributed by atoms with Crippen molar-refractivity contribution in [2.24, 2.45) is 0 Å². The molecule has 120 valence electrons. The van der Waals surface area contributed by atoms with Crippen molar-refractivity contribution in [1.82, 2.24) is 0 Å². The van der Waals surface area contributed by atoms with Crippen LogP contribution in [0.1, 0.15) is 11.1 Å². The molecular weight excluding hydrogens is 314 g/mol. The van der Waals surface area contributed by atoms with Crippen LogP contribution in [0, 0.1) is 0 Å². The van der Waals surface area contributed by atoms with E-state index in [2.05, 4.69) is 23.5 Å². The van der Waals surface area contributed by atoms with Crippen LogP contribution in [0.5, 0.6) is 0 Å². The largest absolute Gasteiger partial charge is 0.325 e. The average molecular weight is 333 g/mol. The van der Waals surface area contributed by atoms with Crippen LogP contribution in [0.2, 0.25) is 0 Å². The Kier molecular flexibility index (Phi) is 5.70. The Labute approximate surface area is 146 Å². The van der Waals surface area contributed by atoms with Gasteiger partial charge in [0.1, 0.15) is 0 Å². The molecule has 3 heteroatoms. The zero-order valence-electron chi connectivity index (χ0n) is 13.3. The Balaban J connectivity index is 1.63. The molecule has 0 heterocycles. The van der Waals surface area contributed by atoms with Crippen molar-refractivity contribution in [1.29, 1.82) is 0 Å². The number of carbonyl (C=O) groups is 1. The van der Waals surface area contributed by atoms with Gasteiger partial charge in [0.05, 0.1) is 5.75 Å². The predicted molar refractivity (Wildman–Crippen MR) is 101 cm³/mol. The molecule has 0 aromatic heterocycles. The molecule has 0 aliphatic rings. The molecule has 0 radical (unpaired) electrons. The van der Waals surface area contributed by atoms with Crippen LogP contribution in [0.25, 0.3) is 0 Å². The van der Waals surface area contributed by atoms with Gasteiger partial charge in [-0.3, -0.25) is 4.79 Å². The van der Waals surface area contributed by atoms with Crippen LogP contribution in [-0.2, 0) is 11.2 Å². The molecule has 0 atom stereocenters. The smallest absolute Gasteiger partial charge is 0.234 e. The Hall–Kier alpha value is -2.52. The first kappa shape index (κ1) is 16.3. The Morgan fingerprint density at radius 3 is 2.17 bits per heavy atom. The van der Waals surface area contributed by atoms with Gasteiger partial charge in [-0.25, -0.2) is 0 Å². The lowest BCUT2D eigenvalue weighted by Crippen LogP contribution is -2.15. The van der Waals surface area contributed by atoms with Gasteiger partial charge in [-0.2, -0.15) is 0 Å².